The molecule has 0 aliphatic carbocycles. The summed E-state index contributed by atoms with van der Waals surface area (Å²) in [5.74, 6) is -0.632. The highest BCUT2D eigenvalue weighted by Crippen LogP contribution is 2.33. The molecule has 0 radical (unpaired) electrons. The maximum atomic E-state index is 12.9. The lowest BCUT2D eigenvalue weighted by atomic mass is 10.1. The third-order valence-corrected chi connectivity index (χ3v) is 4.09. The van der Waals surface area contributed by atoms with Crippen LogP contribution in [0, 0.1) is 6.92 Å². The fraction of sp³-hybridized carbons (Fsp3) is 0.150. The second kappa shape index (κ2) is 7.33. The standard InChI is InChI=1S/C20H18N2O5/c1-12-6-4-8-14(10-12)22-19(24)15(18(23)21-20(22)25)11-13-7-5-9-16(26-2)17(13)27-3/h4-11H,1-3H3,(H,21,23,25)/b15-11+. The van der Waals surface area contributed by atoms with Crippen LogP contribution in [0.3, 0.4) is 0 Å². The Labute approximate surface area is 156 Å². The number of hydrogen-bond acceptors (Lipinski definition) is 5. The van der Waals surface area contributed by atoms with Gasteiger partial charge >= 0.3 is 6.03 Å². The highest BCUT2D eigenvalue weighted by Gasteiger charge is 2.37. The number of aryl methyl sites for hydroxylation is 1. The van der Waals surface area contributed by atoms with Gasteiger partial charge in [-0.25, -0.2) is 9.69 Å². The van der Waals surface area contributed by atoms with Gasteiger partial charge in [-0.05, 0) is 36.8 Å². The van der Waals surface area contributed by atoms with Crippen molar-refractivity contribution in [3.8, 4) is 11.5 Å². The fourth-order valence-electron chi connectivity index (χ4n) is 2.84. The topological polar surface area (TPSA) is 84.9 Å². The first-order valence-corrected chi connectivity index (χ1v) is 8.15. The summed E-state index contributed by atoms with van der Waals surface area (Å²) in [4.78, 5) is 38.4. The molecule has 0 spiro atoms. The zero-order chi connectivity index (χ0) is 19.6. The minimum Gasteiger partial charge on any atom is -0.493 e. The Morgan fingerprint density at radius 2 is 1.74 bits per heavy atom. The van der Waals surface area contributed by atoms with Crippen molar-refractivity contribution in [2.24, 2.45) is 0 Å². The molecule has 27 heavy (non-hydrogen) atoms. The predicted octanol–water partition coefficient (Wildman–Crippen LogP) is 2.68. The van der Waals surface area contributed by atoms with Crippen LogP contribution >= 0.6 is 0 Å². The van der Waals surface area contributed by atoms with Gasteiger partial charge in [-0.15, -0.1) is 0 Å². The molecule has 1 heterocycles. The molecule has 3 rings (SSSR count). The first-order chi connectivity index (χ1) is 13.0. The Balaban J connectivity index is 2.08. The van der Waals surface area contributed by atoms with E-state index in [9.17, 15) is 14.4 Å². The molecule has 1 N–H and O–H groups in total. The van der Waals surface area contributed by atoms with E-state index < -0.39 is 17.8 Å². The van der Waals surface area contributed by atoms with Crippen LogP contribution in [0.1, 0.15) is 11.1 Å². The molecule has 2 aromatic rings. The summed E-state index contributed by atoms with van der Waals surface area (Å²) in [6, 6.07) is 11.2. The lowest BCUT2D eigenvalue weighted by molar-refractivity contribution is -0.122. The average Bonchev–Trinajstić information content (AvgIpc) is 2.64. The normalized spacial score (nSPS) is 15.7. The molecule has 1 aliphatic heterocycles. The number of nitrogens with one attached hydrogen (secondary N) is 1. The van der Waals surface area contributed by atoms with E-state index in [4.69, 9.17) is 9.47 Å². The summed E-state index contributed by atoms with van der Waals surface area (Å²) < 4.78 is 10.6. The number of para-hydroxylation sites is 1. The maximum absolute atomic E-state index is 12.9. The van der Waals surface area contributed by atoms with Crippen LogP contribution in [0.2, 0.25) is 0 Å². The Morgan fingerprint density at radius 1 is 1.00 bits per heavy atom. The first kappa shape index (κ1) is 18.2. The van der Waals surface area contributed by atoms with Crippen LogP contribution in [0.5, 0.6) is 11.5 Å². The van der Waals surface area contributed by atoms with E-state index in [2.05, 4.69) is 5.32 Å². The van der Waals surface area contributed by atoms with E-state index in [1.807, 2.05) is 13.0 Å². The molecule has 1 saturated heterocycles. The summed E-state index contributed by atoms with van der Waals surface area (Å²) in [6.45, 7) is 1.85. The van der Waals surface area contributed by atoms with Crippen LogP contribution < -0.4 is 19.7 Å². The number of rotatable bonds is 4. The summed E-state index contributed by atoms with van der Waals surface area (Å²) >= 11 is 0. The summed E-state index contributed by atoms with van der Waals surface area (Å²) in [5.41, 5.74) is 1.56. The van der Waals surface area contributed by atoms with Crippen LogP contribution in [-0.4, -0.2) is 32.1 Å². The molecule has 0 aromatic heterocycles. The van der Waals surface area contributed by atoms with E-state index in [1.54, 1.807) is 36.4 Å². The van der Waals surface area contributed by atoms with Crippen molar-refractivity contribution in [2.45, 2.75) is 6.92 Å². The largest absolute Gasteiger partial charge is 0.493 e. The summed E-state index contributed by atoms with van der Waals surface area (Å²) in [7, 11) is 2.95. The van der Waals surface area contributed by atoms with E-state index >= 15 is 0 Å². The highest BCUT2D eigenvalue weighted by molar-refractivity contribution is 6.39. The number of hydrogen-bond donors (Lipinski definition) is 1. The Kier molecular flexibility index (Phi) is 4.94. The third-order valence-electron chi connectivity index (χ3n) is 4.09. The van der Waals surface area contributed by atoms with E-state index in [0.717, 1.165) is 10.5 Å². The molecular formula is C20H18N2O5. The predicted molar refractivity (Wildman–Crippen MR) is 99.7 cm³/mol. The van der Waals surface area contributed by atoms with E-state index in [0.29, 0.717) is 22.7 Å². The molecule has 0 atom stereocenters. The summed E-state index contributed by atoms with van der Waals surface area (Å²) in [6.07, 6.45) is 1.38. The highest BCUT2D eigenvalue weighted by atomic mass is 16.5. The van der Waals surface area contributed by atoms with Gasteiger partial charge in [0.1, 0.15) is 5.57 Å². The van der Waals surface area contributed by atoms with Crippen molar-refractivity contribution < 1.29 is 23.9 Å². The quantitative estimate of drug-likeness (QED) is 0.664. The van der Waals surface area contributed by atoms with Gasteiger partial charge < -0.3 is 9.47 Å². The van der Waals surface area contributed by atoms with Gasteiger partial charge in [-0.2, -0.15) is 0 Å². The smallest absolute Gasteiger partial charge is 0.335 e. The van der Waals surface area contributed by atoms with E-state index in [-0.39, 0.29) is 5.57 Å². The summed E-state index contributed by atoms with van der Waals surface area (Å²) in [5, 5.41) is 2.20. The van der Waals surface area contributed by atoms with Crippen molar-refractivity contribution >= 4 is 29.6 Å². The number of amides is 4. The van der Waals surface area contributed by atoms with Crippen molar-refractivity contribution in [3.63, 3.8) is 0 Å². The first-order valence-electron chi connectivity index (χ1n) is 8.15. The van der Waals surface area contributed by atoms with Crippen molar-refractivity contribution in [3.05, 3.63) is 59.2 Å². The molecule has 4 amide bonds. The third kappa shape index (κ3) is 3.39. The number of carbonyl (C=O) groups is 3. The number of urea groups is 1. The monoisotopic (exact) mass is 366 g/mol. The van der Waals surface area contributed by atoms with Crippen molar-refractivity contribution in [1.82, 2.24) is 5.32 Å². The number of barbiturate groups is 1. The molecule has 0 unspecified atom stereocenters. The number of imide groups is 2. The number of methoxy groups -OCH3 is 2. The molecule has 1 aliphatic rings. The van der Waals surface area contributed by atoms with Gasteiger partial charge in [0, 0.05) is 5.56 Å². The number of carbonyl (C=O) groups excluding carboxylic acids is 3. The molecule has 2 aromatic carbocycles. The molecule has 1 fully saturated rings. The zero-order valence-electron chi connectivity index (χ0n) is 15.1. The van der Waals surface area contributed by atoms with E-state index in [1.165, 1.54) is 20.3 Å². The van der Waals surface area contributed by atoms with Gasteiger partial charge in [-0.3, -0.25) is 14.9 Å². The SMILES string of the molecule is COc1cccc(/C=C2\C(=O)NC(=O)N(c3cccc(C)c3)C2=O)c1OC. The van der Waals surface area contributed by atoms with Crippen LogP contribution in [0.15, 0.2) is 48.0 Å². The van der Waals surface area contributed by atoms with Gasteiger partial charge in [0.05, 0.1) is 19.9 Å². The Morgan fingerprint density at radius 3 is 2.41 bits per heavy atom. The van der Waals surface area contributed by atoms with Crippen LogP contribution in [0.4, 0.5) is 10.5 Å². The average molecular weight is 366 g/mol. The maximum Gasteiger partial charge on any atom is 0.335 e. The number of benzene rings is 2. The number of ether oxygens (including phenoxy) is 2. The minimum atomic E-state index is -0.787. The lowest BCUT2D eigenvalue weighted by Crippen LogP contribution is -2.54. The number of nitrogens with zero attached hydrogens (tertiary/aromatic N) is 1. The van der Waals surface area contributed by atoms with Gasteiger partial charge in [0.2, 0.25) is 0 Å². The molecule has 7 heteroatoms. The molecule has 138 valence electrons. The second-order valence-electron chi connectivity index (χ2n) is 5.88. The van der Waals surface area contributed by atoms with Crippen LogP contribution in [0.25, 0.3) is 6.08 Å². The minimum absolute atomic E-state index is 0.178. The number of anilines is 1. The van der Waals surface area contributed by atoms with Gasteiger partial charge in [-0.1, -0.05) is 24.3 Å². The molecule has 0 saturated carbocycles. The molecule has 0 bridgehead atoms. The zero-order valence-corrected chi connectivity index (χ0v) is 15.1. The van der Waals surface area contributed by atoms with Crippen molar-refractivity contribution in [1.29, 1.82) is 0 Å². The Hall–Kier alpha value is -3.61. The molecular weight excluding hydrogens is 348 g/mol. The van der Waals surface area contributed by atoms with Crippen molar-refractivity contribution in [2.75, 3.05) is 19.1 Å². The fourth-order valence-corrected chi connectivity index (χ4v) is 2.84. The van der Waals surface area contributed by atoms with Crippen LogP contribution in [-0.2, 0) is 9.59 Å². The Bertz CT molecular complexity index is 965. The second-order valence-corrected chi connectivity index (χ2v) is 5.88. The van der Waals surface area contributed by atoms with Gasteiger partial charge in [0.25, 0.3) is 11.8 Å². The lowest BCUT2D eigenvalue weighted by Gasteiger charge is -2.26. The molecule has 7 nitrogen and oxygen atoms in total. The van der Waals surface area contributed by atoms with Gasteiger partial charge in [0.15, 0.2) is 11.5 Å².